The highest BCUT2D eigenvalue weighted by Crippen LogP contribution is 2.48. The summed E-state index contributed by atoms with van der Waals surface area (Å²) in [5.74, 6) is -0.474. The number of nitrogens with one attached hydrogen (secondary N) is 1. The van der Waals surface area contributed by atoms with E-state index in [4.69, 9.17) is 4.74 Å². The van der Waals surface area contributed by atoms with Gasteiger partial charge in [0.25, 0.3) is 0 Å². The molecule has 1 aliphatic heterocycles. The second kappa shape index (κ2) is 11.4. The third-order valence-corrected chi connectivity index (χ3v) is 7.88. The monoisotopic (exact) mass is 487 g/mol. The summed E-state index contributed by atoms with van der Waals surface area (Å²) in [6.45, 7) is 1.66. The molecule has 4 amide bonds. The second-order valence-corrected chi connectivity index (χ2v) is 10.1. The number of urea groups is 1. The third kappa shape index (κ3) is 5.62. The van der Waals surface area contributed by atoms with Crippen molar-refractivity contribution in [1.29, 1.82) is 0 Å². The Kier molecular flexibility index (Phi) is 8.77. The van der Waals surface area contributed by atoms with Gasteiger partial charge in [0.2, 0.25) is 11.8 Å². The third-order valence-electron chi connectivity index (χ3n) is 7.88. The van der Waals surface area contributed by atoms with Crippen molar-refractivity contribution < 1.29 is 19.1 Å². The van der Waals surface area contributed by atoms with Crippen LogP contribution in [-0.4, -0.2) is 111 Å². The van der Waals surface area contributed by atoms with E-state index < -0.39 is 0 Å². The van der Waals surface area contributed by atoms with Crippen LogP contribution in [0.2, 0.25) is 0 Å². The van der Waals surface area contributed by atoms with E-state index in [1.165, 1.54) is 10.5 Å². The number of hydrogen-bond acceptors (Lipinski definition) is 5. The summed E-state index contributed by atoms with van der Waals surface area (Å²) in [5.41, 5.74) is 0.918. The van der Waals surface area contributed by atoms with Gasteiger partial charge in [0.05, 0.1) is 12.1 Å². The first kappa shape index (κ1) is 26.9. The topological polar surface area (TPSA) is 85.4 Å². The molecule has 2 aliphatic rings. The van der Waals surface area contributed by atoms with E-state index in [1.807, 2.05) is 11.0 Å². The fraction of sp³-hybridized carbons (Fsp3) is 0.654. The first-order valence-corrected chi connectivity index (χ1v) is 12.4. The van der Waals surface area contributed by atoms with Gasteiger partial charge in [-0.2, -0.15) is 0 Å². The van der Waals surface area contributed by atoms with Gasteiger partial charge in [0, 0.05) is 46.4 Å². The van der Waals surface area contributed by atoms with Crippen LogP contribution in [0.5, 0.6) is 0 Å². The van der Waals surface area contributed by atoms with Gasteiger partial charge in [0.1, 0.15) is 6.54 Å². The standard InChI is InChI=1S/C26H41N5O4/c1-27-22(32)18-29(4)23(33)19-30-20-25(31(24(30)34)16-9-17-35-5)12-14-26(15-13-25,28(2)3)21-10-7-6-8-11-21/h6-8,10-11H,9,12-20H2,1-5H3,(H,27,32)/t25-,26+. The van der Waals surface area contributed by atoms with Gasteiger partial charge in [-0.25, -0.2) is 4.79 Å². The van der Waals surface area contributed by atoms with E-state index in [2.05, 4.69) is 48.6 Å². The Hall–Kier alpha value is -2.65. The van der Waals surface area contributed by atoms with Crippen molar-refractivity contribution in [2.75, 3.05) is 68.1 Å². The average molecular weight is 488 g/mol. The number of methoxy groups -OCH3 is 1. The Bertz CT molecular complexity index is 883. The van der Waals surface area contributed by atoms with Crippen LogP contribution in [0.15, 0.2) is 30.3 Å². The Morgan fingerprint density at radius 3 is 2.31 bits per heavy atom. The molecule has 2 fully saturated rings. The first-order chi connectivity index (χ1) is 16.7. The number of benzene rings is 1. The Morgan fingerprint density at radius 2 is 1.74 bits per heavy atom. The van der Waals surface area contributed by atoms with Crippen LogP contribution in [-0.2, 0) is 19.9 Å². The predicted octanol–water partition coefficient (Wildman–Crippen LogP) is 1.73. The van der Waals surface area contributed by atoms with E-state index in [0.717, 1.165) is 32.1 Å². The number of ether oxygens (including phenoxy) is 1. The lowest BCUT2D eigenvalue weighted by molar-refractivity contribution is -0.134. The van der Waals surface area contributed by atoms with E-state index in [0.29, 0.717) is 19.7 Å². The van der Waals surface area contributed by atoms with Crippen molar-refractivity contribution in [3.63, 3.8) is 0 Å². The maximum atomic E-state index is 13.5. The summed E-state index contributed by atoms with van der Waals surface area (Å²) in [5, 5.41) is 2.53. The smallest absolute Gasteiger partial charge is 0.321 e. The molecule has 194 valence electrons. The molecule has 0 radical (unpaired) electrons. The molecule has 0 unspecified atom stereocenters. The Balaban J connectivity index is 1.79. The van der Waals surface area contributed by atoms with Crippen LogP contribution < -0.4 is 5.32 Å². The SMILES string of the molecule is CNC(=O)CN(C)C(=O)CN1C[C@]2(CC[C@](c3ccccc3)(N(C)C)CC2)N(CCCOC)C1=O. The van der Waals surface area contributed by atoms with Crippen LogP contribution in [0.4, 0.5) is 4.79 Å². The number of carbonyl (C=O) groups excluding carboxylic acids is 3. The van der Waals surface area contributed by atoms with Crippen molar-refractivity contribution in [3.8, 4) is 0 Å². The van der Waals surface area contributed by atoms with Crippen LogP contribution in [0, 0.1) is 0 Å². The van der Waals surface area contributed by atoms with E-state index >= 15 is 0 Å². The van der Waals surface area contributed by atoms with Gasteiger partial charge < -0.3 is 24.8 Å². The number of hydrogen-bond donors (Lipinski definition) is 1. The molecular weight excluding hydrogens is 446 g/mol. The fourth-order valence-electron chi connectivity index (χ4n) is 5.67. The van der Waals surface area contributed by atoms with E-state index in [1.54, 1.807) is 26.1 Å². The number of nitrogens with zero attached hydrogens (tertiary/aromatic N) is 4. The molecule has 1 aromatic carbocycles. The summed E-state index contributed by atoms with van der Waals surface area (Å²) in [4.78, 5) is 45.4. The lowest BCUT2D eigenvalue weighted by Gasteiger charge is -2.51. The molecule has 0 atom stereocenters. The van der Waals surface area contributed by atoms with Crippen LogP contribution in [0.25, 0.3) is 0 Å². The molecule has 9 nitrogen and oxygen atoms in total. The molecule has 1 saturated carbocycles. The molecule has 1 spiro atoms. The van der Waals surface area contributed by atoms with Gasteiger partial charge in [-0.3, -0.25) is 14.5 Å². The van der Waals surface area contributed by atoms with Gasteiger partial charge in [0.15, 0.2) is 0 Å². The quantitative estimate of drug-likeness (QED) is 0.508. The zero-order chi connectivity index (χ0) is 25.6. The highest BCUT2D eigenvalue weighted by molar-refractivity contribution is 5.88. The zero-order valence-corrected chi connectivity index (χ0v) is 21.9. The van der Waals surface area contributed by atoms with Crippen molar-refractivity contribution in [3.05, 3.63) is 35.9 Å². The highest BCUT2D eigenvalue weighted by atomic mass is 16.5. The summed E-state index contributed by atoms with van der Waals surface area (Å²) >= 11 is 0. The normalized spacial score (nSPS) is 24.3. The number of amides is 4. The van der Waals surface area contributed by atoms with Crippen LogP contribution in [0.3, 0.4) is 0 Å². The van der Waals surface area contributed by atoms with Crippen molar-refractivity contribution in [2.45, 2.75) is 43.2 Å². The summed E-state index contributed by atoms with van der Waals surface area (Å²) in [7, 11) is 9.07. The van der Waals surface area contributed by atoms with Crippen LogP contribution in [0.1, 0.15) is 37.7 Å². The maximum Gasteiger partial charge on any atom is 0.321 e. The van der Waals surface area contributed by atoms with Crippen molar-refractivity contribution in [2.24, 2.45) is 0 Å². The molecule has 1 heterocycles. The van der Waals surface area contributed by atoms with Crippen molar-refractivity contribution in [1.82, 2.24) is 24.9 Å². The highest BCUT2D eigenvalue weighted by Gasteiger charge is 2.54. The molecular formula is C26H41N5O4. The number of likely N-dealkylation sites (N-methyl/N-ethyl adjacent to an activating group) is 2. The largest absolute Gasteiger partial charge is 0.385 e. The molecule has 35 heavy (non-hydrogen) atoms. The summed E-state index contributed by atoms with van der Waals surface area (Å²) in [6, 6.07) is 10.5. The lowest BCUT2D eigenvalue weighted by atomic mass is 9.68. The molecule has 1 N–H and O–H groups in total. The minimum atomic E-state index is -0.307. The average Bonchev–Trinajstić information content (AvgIpc) is 3.10. The maximum absolute atomic E-state index is 13.5. The molecule has 0 bridgehead atoms. The molecule has 1 aliphatic carbocycles. The molecule has 0 aromatic heterocycles. The molecule has 3 rings (SSSR count). The van der Waals surface area contributed by atoms with Crippen LogP contribution >= 0.6 is 0 Å². The fourth-order valence-corrected chi connectivity index (χ4v) is 5.67. The van der Waals surface area contributed by atoms with Gasteiger partial charge in [-0.15, -0.1) is 0 Å². The zero-order valence-electron chi connectivity index (χ0n) is 21.9. The number of carbonyl (C=O) groups is 3. The minimum absolute atomic E-state index is 0.0215. The molecule has 1 aromatic rings. The van der Waals surface area contributed by atoms with Gasteiger partial charge >= 0.3 is 6.03 Å². The van der Waals surface area contributed by atoms with E-state index in [9.17, 15) is 14.4 Å². The minimum Gasteiger partial charge on any atom is -0.385 e. The van der Waals surface area contributed by atoms with E-state index in [-0.39, 0.29) is 42.0 Å². The summed E-state index contributed by atoms with van der Waals surface area (Å²) in [6.07, 6.45) is 4.32. The Morgan fingerprint density at radius 1 is 1.09 bits per heavy atom. The molecule has 9 heteroatoms. The summed E-state index contributed by atoms with van der Waals surface area (Å²) < 4.78 is 5.25. The Labute approximate surface area is 209 Å². The first-order valence-electron chi connectivity index (χ1n) is 12.4. The number of rotatable bonds is 10. The predicted molar refractivity (Wildman–Crippen MR) is 135 cm³/mol. The van der Waals surface area contributed by atoms with Crippen molar-refractivity contribution >= 4 is 17.8 Å². The lowest BCUT2D eigenvalue weighted by Crippen LogP contribution is -2.55. The second-order valence-electron chi connectivity index (χ2n) is 10.1. The van der Waals surface area contributed by atoms with Gasteiger partial charge in [-0.05, 0) is 51.8 Å². The van der Waals surface area contributed by atoms with Gasteiger partial charge in [-0.1, -0.05) is 30.3 Å². The molecule has 1 saturated heterocycles.